The standard InChI is InChI=1S/C19H20O5/c1-9-15-17-13-14(19(9,6-7-21-2)18(20)24-17)12-8-10(22-3)4-5-11(12)16(13)23-15/h4-9,13-17H,1-3H3/b7-6-/t9-,13?,14?,15?,16-,17+,19+/m0/s1. The van der Waals surface area contributed by atoms with Gasteiger partial charge in [-0.25, -0.2) is 0 Å². The molecule has 4 fully saturated rings. The van der Waals surface area contributed by atoms with Gasteiger partial charge in [0.05, 0.1) is 32.7 Å². The topological polar surface area (TPSA) is 54.0 Å². The van der Waals surface area contributed by atoms with Crippen LogP contribution in [0.15, 0.2) is 30.5 Å². The lowest BCUT2D eigenvalue weighted by molar-refractivity contribution is -0.204. The molecule has 3 heterocycles. The van der Waals surface area contributed by atoms with Gasteiger partial charge in [-0.2, -0.15) is 0 Å². The van der Waals surface area contributed by atoms with Crippen LogP contribution in [0, 0.1) is 17.3 Å². The largest absolute Gasteiger partial charge is 0.505 e. The summed E-state index contributed by atoms with van der Waals surface area (Å²) in [5.74, 6) is 0.900. The number of fused-ring (bicyclic) bond motifs is 3. The van der Waals surface area contributed by atoms with Crippen LogP contribution < -0.4 is 4.74 Å². The minimum absolute atomic E-state index is 0.000670. The van der Waals surface area contributed by atoms with E-state index in [1.807, 2.05) is 12.1 Å². The highest BCUT2D eigenvalue weighted by molar-refractivity contribution is 5.85. The molecule has 5 nitrogen and oxygen atoms in total. The van der Waals surface area contributed by atoms with E-state index in [0.717, 1.165) is 11.3 Å². The molecule has 5 aliphatic rings. The van der Waals surface area contributed by atoms with Gasteiger partial charge in [0.15, 0.2) is 0 Å². The molecule has 3 saturated heterocycles. The maximum atomic E-state index is 12.9. The Morgan fingerprint density at radius 1 is 1.21 bits per heavy atom. The molecule has 0 spiro atoms. The molecule has 7 atom stereocenters. The van der Waals surface area contributed by atoms with E-state index < -0.39 is 5.41 Å². The Kier molecular flexibility index (Phi) is 2.71. The van der Waals surface area contributed by atoms with Crippen molar-refractivity contribution in [3.8, 4) is 5.75 Å². The number of methoxy groups -OCH3 is 2. The van der Waals surface area contributed by atoms with Gasteiger partial charge in [-0.15, -0.1) is 0 Å². The molecule has 0 amide bonds. The summed E-state index contributed by atoms with van der Waals surface area (Å²) in [5.41, 5.74) is 1.57. The summed E-state index contributed by atoms with van der Waals surface area (Å²) < 4.78 is 22.8. The molecule has 2 aliphatic carbocycles. The number of esters is 1. The normalized spacial score (nSPS) is 43.9. The Morgan fingerprint density at radius 3 is 2.79 bits per heavy atom. The minimum atomic E-state index is -0.744. The molecule has 4 bridgehead atoms. The Balaban J connectivity index is 1.77. The molecule has 126 valence electrons. The summed E-state index contributed by atoms with van der Waals surface area (Å²) in [6.45, 7) is 2.09. The Bertz CT molecular complexity index is 756. The Hall–Kier alpha value is -2.01. The predicted molar refractivity (Wildman–Crippen MR) is 84.5 cm³/mol. The first kappa shape index (κ1) is 14.3. The van der Waals surface area contributed by atoms with Crippen LogP contribution in [0.5, 0.6) is 5.75 Å². The van der Waals surface area contributed by atoms with Crippen molar-refractivity contribution in [2.75, 3.05) is 14.2 Å². The number of rotatable bonds is 3. The van der Waals surface area contributed by atoms with E-state index in [0.29, 0.717) is 0 Å². The quantitative estimate of drug-likeness (QED) is 0.630. The Morgan fingerprint density at radius 2 is 2.04 bits per heavy atom. The van der Waals surface area contributed by atoms with Crippen LogP contribution in [0.1, 0.15) is 30.1 Å². The van der Waals surface area contributed by atoms with Crippen LogP contribution in [0.3, 0.4) is 0 Å². The molecular formula is C19H20O5. The van der Waals surface area contributed by atoms with Crippen molar-refractivity contribution in [1.29, 1.82) is 0 Å². The maximum Gasteiger partial charge on any atom is 0.317 e. The summed E-state index contributed by atoms with van der Waals surface area (Å²) in [4.78, 5) is 12.9. The number of benzene rings is 1. The number of carbonyl (C=O) groups excluding carboxylic acids is 1. The van der Waals surface area contributed by atoms with E-state index in [-0.39, 0.29) is 42.0 Å². The molecule has 0 radical (unpaired) electrons. The minimum Gasteiger partial charge on any atom is -0.505 e. The Labute approximate surface area is 140 Å². The third kappa shape index (κ3) is 1.39. The fraction of sp³-hybridized carbons (Fsp3) is 0.526. The van der Waals surface area contributed by atoms with Crippen LogP contribution in [-0.4, -0.2) is 32.4 Å². The summed E-state index contributed by atoms with van der Waals surface area (Å²) in [5, 5.41) is 0. The second-order valence-corrected chi connectivity index (χ2v) is 7.20. The predicted octanol–water partition coefficient (Wildman–Crippen LogP) is 2.57. The van der Waals surface area contributed by atoms with Crippen LogP contribution in [0.2, 0.25) is 0 Å². The van der Waals surface area contributed by atoms with E-state index in [1.54, 1.807) is 20.5 Å². The number of ether oxygens (including phenoxy) is 4. The average Bonchev–Trinajstić information content (AvgIpc) is 3.08. The monoisotopic (exact) mass is 328 g/mol. The molecule has 1 aromatic carbocycles. The molecule has 6 rings (SSSR count). The van der Waals surface area contributed by atoms with Crippen molar-refractivity contribution >= 4 is 5.97 Å². The average molecular weight is 328 g/mol. The molecule has 3 aliphatic heterocycles. The lowest BCUT2D eigenvalue weighted by Gasteiger charge is -2.54. The van der Waals surface area contributed by atoms with Gasteiger partial charge in [0.2, 0.25) is 0 Å². The molecule has 1 aromatic rings. The third-order valence-electron chi connectivity index (χ3n) is 6.51. The fourth-order valence-electron chi connectivity index (χ4n) is 5.51. The van der Waals surface area contributed by atoms with Crippen molar-refractivity contribution in [3.63, 3.8) is 0 Å². The lowest BCUT2D eigenvalue weighted by atomic mass is 9.53. The molecule has 1 saturated carbocycles. The molecule has 0 aromatic heterocycles. The van der Waals surface area contributed by atoms with Gasteiger partial charge < -0.3 is 18.9 Å². The van der Waals surface area contributed by atoms with E-state index in [2.05, 4.69) is 19.1 Å². The SMILES string of the molecule is CO/C=C\[C@]12C(=O)O[C@@H]3C4C1c1cc(OC)ccc1[C@@H]4OC3[C@@H]2C. The summed E-state index contributed by atoms with van der Waals surface area (Å²) in [6.07, 6.45) is 3.29. The highest BCUT2D eigenvalue weighted by Gasteiger charge is 2.75. The van der Waals surface area contributed by atoms with Gasteiger partial charge in [-0.1, -0.05) is 13.0 Å². The smallest absolute Gasteiger partial charge is 0.317 e. The number of hydrogen-bond donors (Lipinski definition) is 0. The third-order valence-corrected chi connectivity index (χ3v) is 6.51. The zero-order valence-electron chi connectivity index (χ0n) is 13.9. The summed E-state index contributed by atoms with van der Waals surface area (Å²) >= 11 is 0. The van der Waals surface area contributed by atoms with Crippen LogP contribution in [0.25, 0.3) is 0 Å². The van der Waals surface area contributed by atoms with E-state index in [4.69, 9.17) is 18.9 Å². The highest BCUT2D eigenvalue weighted by Crippen LogP contribution is 2.71. The summed E-state index contributed by atoms with van der Waals surface area (Å²) in [6, 6.07) is 6.09. The van der Waals surface area contributed by atoms with E-state index in [1.165, 1.54) is 5.56 Å². The zero-order valence-corrected chi connectivity index (χ0v) is 13.9. The zero-order chi connectivity index (χ0) is 16.6. The number of carbonyl (C=O) groups is 1. The van der Waals surface area contributed by atoms with Gasteiger partial charge in [-0.05, 0) is 29.3 Å². The first-order valence-corrected chi connectivity index (χ1v) is 8.38. The fourth-order valence-corrected chi connectivity index (χ4v) is 5.51. The second kappa shape index (κ2) is 4.54. The molecule has 24 heavy (non-hydrogen) atoms. The van der Waals surface area contributed by atoms with Crippen molar-refractivity contribution < 1.29 is 23.7 Å². The maximum absolute atomic E-state index is 12.9. The van der Waals surface area contributed by atoms with Crippen molar-refractivity contribution in [1.82, 2.24) is 0 Å². The first-order chi connectivity index (χ1) is 11.6. The van der Waals surface area contributed by atoms with Crippen molar-refractivity contribution in [2.45, 2.75) is 31.2 Å². The molecule has 5 heteroatoms. The van der Waals surface area contributed by atoms with Gasteiger partial charge in [-0.3, -0.25) is 4.79 Å². The van der Waals surface area contributed by atoms with Gasteiger partial charge in [0.25, 0.3) is 0 Å². The van der Waals surface area contributed by atoms with Gasteiger partial charge in [0.1, 0.15) is 17.3 Å². The highest BCUT2D eigenvalue weighted by atomic mass is 16.6. The van der Waals surface area contributed by atoms with Crippen LogP contribution in [-0.2, 0) is 19.0 Å². The van der Waals surface area contributed by atoms with E-state index >= 15 is 0 Å². The second-order valence-electron chi connectivity index (χ2n) is 7.20. The number of hydrogen-bond acceptors (Lipinski definition) is 5. The van der Waals surface area contributed by atoms with Crippen LogP contribution in [0.4, 0.5) is 0 Å². The van der Waals surface area contributed by atoms with E-state index in [9.17, 15) is 4.79 Å². The molecule has 3 unspecified atom stereocenters. The van der Waals surface area contributed by atoms with Crippen LogP contribution >= 0.6 is 0 Å². The van der Waals surface area contributed by atoms with Gasteiger partial charge >= 0.3 is 5.97 Å². The lowest BCUT2D eigenvalue weighted by Crippen LogP contribution is -2.63. The van der Waals surface area contributed by atoms with Crippen molar-refractivity contribution in [3.05, 3.63) is 41.7 Å². The summed E-state index contributed by atoms with van der Waals surface area (Å²) in [7, 11) is 3.26. The molecule has 0 N–H and O–H groups in total. The van der Waals surface area contributed by atoms with Crippen molar-refractivity contribution in [2.24, 2.45) is 17.3 Å². The van der Waals surface area contributed by atoms with Gasteiger partial charge in [0, 0.05) is 17.8 Å². The first-order valence-electron chi connectivity index (χ1n) is 8.38. The molecular weight excluding hydrogens is 308 g/mol.